The first-order valence-corrected chi connectivity index (χ1v) is 8.60. The molecule has 0 aromatic carbocycles. The fourth-order valence-electron chi connectivity index (χ4n) is 2.09. The first-order valence-electron chi connectivity index (χ1n) is 6.75. The average Bonchev–Trinajstić information content (AvgIpc) is 2.85. The quantitative estimate of drug-likeness (QED) is 0.810. The molecule has 1 fully saturated rings. The summed E-state index contributed by atoms with van der Waals surface area (Å²) in [5.74, 6) is 1.30. The summed E-state index contributed by atoms with van der Waals surface area (Å²) >= 11 is 0. The molecule has 0 amide bonds. The van der Waals surface area contributed by atoms with Gasteiger partial charge >= 0.3 is 0 Å². The van der Waals surface area contributed by atoms with Crippen LogP contribution in [0.25, 0.3) is 0 Å². The van der Waals surface area contributed by atoms with Gasteiger partial charge in [-0.05, 0) is 12.8 Å². The highest BCUT2D eigenvalue weighted by molar-refractivity contribution is 7.88. The smallest absolute Gasteiger partial charge is 0.252 e. The minimum absolute atomic E-state index is 0.118. The van der Waals surface area contributed by atoms with E-state index in [-0.39, 0.29) is 18.6 Å². The fourth-order valence-corrected chi connectivity index (χ4v) is 2.99. The molecule has 0 aliphatic carbocycles. The Morgan fingerprint density at radius 1 is 1.50 bits per heavy atom. The van der Waals surface area contributed by atoms with Crippen LogP contribution in [-0.2, 0) is 21.4 Å². The molecule has 2 heterocycles. The maximum atomic E-state index is 11.5. The molecular weight excluding hydrogens is 282 g/mol. The molecule has 1 atom stereocenters. The van der Waals surface area contributed by atoms with Crippen LogP contribution in [0.1, 0.15) is 44.3 Å². The summed E-state index contributed by atoms with van der Waals surface area (Å²) in [6, 6.07) is 0. The number of sulfonamides is 1. The summed E-state index contributed by atoms with van der Waals surface area (Å²) < 4.78 is 35.3. The van der Waals surface area contributed by atoms with Crippen LogP contribution >= 0.6 is 0 Å². The van der Waals surface area contributed by atoms with E-state index in [1.807, 2.05) is 13.8 Å². The zero-order chi connectivity index (χ0) is 14.8. The lowest BCUT2D eigenvalue weighted by molar-refractivity contribution is -0.00284. The minimum atomic E-state index is -3.15. The third-order valence-electron chi connectivity index (χ3n) is 3.25. The van der Waals surface area contributed by atoms with Gasteiger partial charge in [-0.1, -0.05) is 19.0 Å². The minimum Gasteiger partial charge on any atom is -0.367 e. The van der Waals surface area contributed by atoms with E-state index in [1.165, 1.54) is 10.6 Å². The van der Waals surface area contributed by atoms with Gasteiger partial charge in [0.05, 0.1) is 12.4 Å². The van der Waals surface area contributed by atoms with Crippen LogP contribution in [0.2, 0.25) is 0 Å². The Bertz CT molecular complexity index is 541. The van der Waals surface area contributed by atoms with Gasteiger partial charge in [-0.2, -0.15) is 9.29 Å². The predicted molar refractivity (Wildman–Crippen MR) is 72.6 cm³/mol. The molecule has 1 saturated heterocycles. The second kappa shape index (κ2) is 6.19. The molecule has 114 valence electrons. The molecule has 1 aromatic rings. The molecule has 2 rings (SSSR count). The summed E-state index contributed by atoms with van der Waals surface area (Å²) in [5.41, 5.74) is 0. The van der Waals surface area contributed by atoms with Crippen molar-refractivity contribution in [2.45, 2.75) is 45.3 Å². The van der Waals surface area contributed by atoms with Gasteiger partial charge in [0.2, 0.25) is 10.0 Å². The Morgan fingerprint density at radius 2 is 2.25 bits per heavy atom. The van der Waals surface area contributed by atoms with Gasteiger partial charge in [0.15, 0.2) is 5.82 Å². The molecule has 0 spiro atoms. The molecular formula is C12H21N3O4S. The molecule has 1 unspecified atom stereocenters. The van der Waals surface area contributed by atoms with Crippen molar-refractivity contribution in [3.05, 3.63) is 11.7 Å². The van der Waals surface area contributed by atoms with Crippen molar-refractivity contribution in [3.8, 4) is 0 Å². The SMILES string of the molecule is CC(C)c1noc(COC2CCCN(S(C)(=O)=O)C2)n1. The molecule has 0 radical (unpaired) electrons. The van der Waals surface area contributed by atoms with Crippen molar-refractivity contribution in [2.75, 3.05) is 19.3 Å². The summed E-state index contributed by atoms with van der Waals surface area (Å²) in [5, 5.41) is 3.86. The lowest BCUT2D eigenvalue weighted by Gasteiger charge is -2.30. The average molecular weight is 303 g/mol. The summed E-state index contributed by atoms with van der Waals surface area (Å²) in [4.78, 5) is 4.23. The molecule has 1 aliphatic rings. The second-order valence-corrected chi connectivity index (χ2v) is 7.38. The molecule has 7 nitrogen and oxygen atoms in total. The molecule has 0 bridgehead atoms. The van der Waals surface area contributed by atoms with Crippen molar-refractivity contribution in [3.63, 3.8) is 0 Å². The number of rotatable bonds is 5. The number of nitrogens with zero attached hydrogens (tertiary/aromatic N) is 3. The van der Waals surface area contributed by atoms with Crippen molar-refractivity contribution in [2.24, 2.45) is 0 Å². The van der Waals surface area contributed by atoms with Gasteiger partial charge in [0, 0.05) is 19.0 Å². The Balaban J connectivity index is 1.87. The first-order chi connectivity index (χ1) is 9.36. The highest BCUT2D eigenvalue weighted by Crippen LogP contribution is 2.17. The van der Waals surface area contributed by atoms with E-state index >= 15 is 0 Å². The number of piperidine rings is 1. The number of hydrogen-bond acceptors (Lipinski definition) is 6. The van der Waals surface area contributed by atoms with Gasteiger partial charge in [0.1, 0.15) is 6.61 Å². The zero-order valence-electron chi connectivity index (χ0n) is 12.1. The Hall–Kier alpha value is -0.990. The van der Waals surface area contributed by atoms with Gasteiger partial charge in [-0.15, -0.1) is 0 Å². The van der Waals surface area contributed by atoms with E-state index in [2.05, 4.69) is 10.1 Å². The number of hydrogen-bond donors (Lipinski definition) is 0. The summed E-state index contributed by atoms with van der Waals surface area (Å²) in [7, 11) is -3.15. The van der Waals surface area contributed by atoms with Gasteiger partial charge in [0.25, 0.3) is 5.89 Å². The Kier molecular flexibility index (Phi) is 4.77. The topological polar surface area (TPSA) is 85.5 Å². The van der Waals surface area contributed by atoms with Crippen molar-refractivity contribution < 1.29 is 17.7 Å². The Morgan fingerprint density at radius 3 is 2.85 bits per heavy atom. The highest BCUT2D eigenvalue weighted by Gasteiger charge is 2.26. The van der Waals surface area contributed by atoms with E-state index < -0.39 is 10.0 Å². The van der Waals surface area contributed by atoms with Crippen LogP contribution in [-0.4, -0.2) is 48.3 Å². The summed E-state index contributed by atoms with van der Waals surface area (Å²) in [6.07, 6.45) is 2.76. The fraction of sp³-hybridized carbons (Fsp3) is 0.833. The third kappa shape index (κ3) is 4.00. The maximum Gasteiger partial charge on any atom is 0.252 e. The van der Waals surface area contributed by atoms with Gasteiger partial charge in [-0.25, -0.2) is 8.42 Å². The van der Waals surface area contributed by atoms with Crippen LogP contribution in [0, 0.1) is 0 Å². The van der Waals surface area contributed by atoms with E-state index in [1.54, 1.807) is 0 Å². The van der Waals surface area contributed by atoms with Gasteiger partial charge < -0.3 is 9.26 Å². The Labute approximate surface area is 119 Å². The van der Waals surface area contributed by atoms with Crippen molar-refractivity contribution in [1.29, 1.82) is 0 Å². The number of aromatic nitrogens is 2. The molecule has 1 aliphatic heterocycles. The highest BCUT2D eigenvalue weighted by atomic mass is 32.2. The van der Waals surface area contributed by atoms with E-state index in [4.69, 9.17) is 9.26 Å². The van der Waals surface area contributed by atoms with Crippen molar-refractivity contribution in [1.82, 2.24) is 14.4 Å². The lowest BCUT2D eigenvalue weighted by Crippen LogP contribution is -2.42. The van der Waals surface area contributed by atoms with Gasteiger partial charge in [-0.3, -0.25) is 0 Å². The normalized spacial score (nSPS) is 21.5. The lowest BCUT2D eigenvalue weighted by atomic mass is 10.1. The standard InChI is InChI=1S/C12H21N3O4S/c1-9(2)12-13-11(19-14-12)8-18-10-5-4-6-15(7-10)20(3,16)17/h9-10H,4-8H2,1-3H3. The van der Waals surface area contributed by atoms with Crippen LogP contribution in [0.5, 0.6) is 0 Å². The van der Waals surface area contributed by atoms with E-state index in [9.17, 15) is 8.42 Å². The molecule has 0 N–H and O–H groups in total. The van der Waals surface area contributed by atoms with Crippen LogP contribution in [0.15, 0.2) is 4.52 Å². The largest absolute Gasteiger partial charge is 0.367 e. The van der Waals surface area contributed by atoms with Crippen LogP contribution < -0.4 is 0 Å². The van der Waals surface area contributed by atoms with E-state index in [0.717, 1.165) is 12.8 Å². The van der Waals surface area contributed by atoms with E-state index in [0.29, 0.717) is 24.8 Å². The molecule has 0 saturated carbocycles. The molecule has 20 heavy (non-hydrogen) atoms. The predicted octanol–water partition coefficient (Wildman–Crippen LogP) is 1.13. The molecule has 1 aromatic heterocycles. The van der Waals surface area contributed by atoms with Crippen molar-refractivity contribution >= 4 is 10.0 Å². The van der Waals surface area contributed by atoms with Crippen LogP contribution in [0.4, 0.5) is 0 Å². The number of ether oxygens (including phenoxy) is 1. The molecule has 8 heteroatoms. The second-order valence-electron chi connectivity index (χ2n) is 5.40. The third-order valence-corrected chi connectivity index (χ3v) is 4.52. The first kappa shape index (κ1) is 15.4. The zero-order valence-corrected chi connectivity index (χ0v) is 12.9. The summed E-state index contributed by atoms with van der Waals surface area (Å²) in [6.45, 7) is 5.16. The maximum absolute atomic E-state index is 11.5. The van der Waals surface area contributed by atoms with Crippen LogP contribution in [0.3, 0.4) is 0 Å². The monoisotopic (exact) mass is 303 g/mol.